The minimum atomic E-state index is -4.37. The number of thiazole rings is 1. The molecule has 7 heteroatoms. The van der Waals surface area contributed by atoms with Gasteiger partial charge in [0.2, 0.25) is 11.0 Å². The summed E-state index contributed by atoms with van der Waals surface area (Å²) >= 11 is 1.67. The second-order valence-corrected chi connectivity index (χ2v) is 7.25. The number of allylic oxidation sites excluding steroid dienone is 2. The molecule has 1 N–H and O–H groups in total. The van der Waals surface area contributed by atoms with E-state index in [1.807, 2.05) is 25.1 Å². The molecule has 0 aliphatic rings. The molecule has 1 aromatic carbocycles. The number of para-hydroxylation sites is 1. The Kier molecular flexibility index (Phi) is 5.33. The van der Waals surface area contributed by atoms with Gasteiger partial charge in [0.05, 0.1) is 6.61 Å². The lowest BCUT2D eigenvalue weighted by Gasteiger charge is -2.19. The van der Waals surface area contributed by atoms with E-state index in [9.17, 15) is 8.42 Å². The van der Waals surface area contributed by atoms with Gasteiger partial charge in [-0.15, -0.1) is 0 Å². The lowest BCUT2D eigenvalue weighted by atomic mass is 9.94. The summed E-state index contributed by atoms with van der Waals surface area (Å²) in [5.41, 5.74) is 2.94. The quantitative estimate of drug-likeness (QED) is 0.363. The normalized spacial score (nSPS) is 15.4. The first-order valence-electron chi connectivity index (χ1n) is 7.00. The van der Waals surface area contributed by atoms with Gasteiger partial charge in [-0.1, -0.05) is 29.5 Å². The van der Waals surface area contributed by atoms with Crippen LogP contribution in [0.4, 0.5) is 0 Å². The molecule has 1 atom stereocenters. The molecule has 0 saturated carbocycles. The monoisotopic (exact) mass is 342 g/mol. The third-order valence-electron chi connectivity index (χ3n) is 3.55. The number of benzene rings is 1. The average Bonchev–Trinajstić information content (AvgIpc) is 2.88. The van der Waals surface area contributed by atoms with Crippen molar-refractivity contribution in [1.29, 1.82) is 0 Å². The fraction of sp³-hybridized carbons (Fsp3) is 0.400. The van der Waals surface area contributed by atoms with Crippen LogP contribution in [0, 0.1) is 0 Å². The molecule has 0 spiro atoms. The van der Waals surface area contributed by atoms with Crippen LogP contribution in [0.1, 0.15) is 26.7 Å². The molecule has 1 unspecified atom stereocenters. The van der Waals surface area contributed by atoms with E-state index in [4.69, 9.17) is 4.55 Å². The van der Waals surface area contributed by atoms with Crippen LogP contribution in [-0.2, 0) is 20.1 Å². The SMILES string of the molecule is CC=CC(C)(CCCOS(=O)(=O)O)[n+]1csc2ccccc21. The fourth-order valence-electron chi connectivity index (χ4n) is 2.56. The van der Waals surface area contributed by atoms with E-state index < -0.39 is 10.4 Å². The molecule has 0 radical (unpaired) electrons. The zero-order chi connectivity index (χ0) is 16.2. The van der Waals surface area contributed by atoms with Crippen molar-refractivity contribution in [2.75, 3.05) is 6.61 Å². The van der Waals surface area contributed by atoms with Crippen LogP contribution in [0.25, 0.3) is 10.2 Å². The molecule has 0 aliphatic heterocycles. The van der Waals surface area contributed by atoms with Crippen molar-refractivity contribution < 1.29 is 21.7 Å². The molecule has 0 saturated heterocycles. The first-order chi connectivity index (χ1) is 10.4. The molecule has 2 aromatic rings. The summed E-state index contributed by atoms with van der Waals surface area (Å²) in [7, 11) is -4.37. The highest BCUT2D eigenvalue weighted by Crippen LogP contribution is 2.24. The molecular weight excluding hydrogens is 322 g/mol. The van der Waals surface area contributed by atoms with Crippen LogP contribution in [0.3, 0.4) is 0 Å². The third kappa shape index (κ3) is 4.13. The van der Waals surface area contributed by atoms with E-state index in [0.717, 1.165) is 5.52 Å². The van der Waals surface area contributed by atoms with Gasteiger partial charge in [0.25, 0.3) is 0 Å². The average molecular weight is 342 g/mol. The topological polar surface area (TPSA) is 67.5 Å². The standard InChI is InChI=1S/C15H19NO4S2/c1-3-9-15(2,10-6-11-20-22(17,18)19)16-12-21-14-8-5-4-7-13(14)16/h3-5,7-9,12H,6,10-11H2,1-2H3/p+1. The van der Waals surface area contributed by atoms with E-state index in [1.165, 1.54) is 4.70 Å². The maximum atomic E-state index is 10.6. The van der Waals surface area contributed by atoms with Crippen molar-refractivity contribution in [3.8, 4) is 0 Å². The maximum absolute atomic E-state index is 10.6. The molecule has 1 aromatic heterocycles. The van der Waals surface area contributed by atoms with Crippen LogP contribution in [0.15, 0.2) is 41.9 Å². The van der Waals surface area contributed by atoms with Gasteiger partial charge in [0.15, 0.2) is 5.54 Å². The summed E-state index contributed by atoms with van der Waals surface area (Å²) < 4.78 is 37.6. The van der Waals surface area contributed by atoms with Gasteiger partial charge in [0.1, 0.15) is 4.70 Å². The zero-order valence-electron chi connectivity index (χ0n) is 12.6. The Morgan fingerprint density at radius 1 is 1.41 bits per heavy atom. The van der Waals surface area contributed by atoms with Crippen LogP contribution < -0.4 is 4.57 Å². The number of hydrogen-bond acceptors (Lipinski definition) is 4. The Bertz CT molecular complexity index is 767. The predicted octanol–water partition coefficient (Wildman–Crippen LogP) is 3.08. The van der Waals surface area contributed by atoms with Crippen LogP contribution in [0.2, 0.25) is 0 Å². The fourth-order valence-corrected chi connectivity index (χ4v) is 3.90. The molecule has 0 amide bonds. The van der Waals surface area contributed by atoms with Crippen molar-refractivity contribution in [3.05, 3.63) is 41.9 Å². The lowest BCUT2D eigenvalue weighted by molar-refractivity contribution is -0.723. The first-order valence-corrected chi connectivity index (χ1v) is 9.24. The molecular formula is C15H20NO4S2+. The second kappa shape index (κ2) is 6.87. The smallest absolute Gasteiger partial charge is 0.264 e. The highest BCUT2D eigenvalue weighted by atomic mass is 32.3. The van der Waals surface area contributed by atoms with Crippen molar-refractivity contribution in [3.63, 3.8) is 0 Å². The van der Waals surface area contributed by atoms with Gasteiger partial charge in [-0.3, -0.25) is 4.55 Å². The Balaban J connectivity index is 2.21. The summed E-state index contributed by atoms with van der Waals surface area (Å²) in [6.07, 6.45) is 5.29. The predicted molar refractivity (Wildman–Crippen MR) is 87.2 cm³/mol. The van der Waals surface area contributed by atoms with Gasteiger partial charge >= 0.3 is 10.4 Å². The van der Waals surface area contributed by atoms with Crippen molar-refractivity contribution in [1.82, 2.24) is 0 Å². The first kappa shape index (κ1) is 17.1. The van der Waals surface area contributed by atoms with Crippen molar-refractivity contribution in [2.24, 2.45) is 0 Å². The number of aromatic nitrogens is 1. The van der Waals surface area contributed by atoms with Crippen molar-refractivity contribution >= 4 is 32.0 Å². The maximum Gasteiger partial charge on any atom is 0.397 e. The highest BCUT2D eigenvalue weighted by molar-refractivity contribution is 7.80. The molecule has 0 aliphatic carbocycles. The minimum Gasteiger partial charge on any atom is -0.264 e. The lowest BCUT2D eigenvalue weighted by Crippen LogP contribution is -2.52. The van der Waals surface area contributed by atoms with Gasteiger partial charge in [-0.05, 0) is 25.5 Å². The van der Waals surface area contributed by atoms with Crippen LogP contribution in [0.5, 0.6) is 0 Å². The zero-order valence-corrected chi connectivity index (χ0v) is 14.2. The molecule has 1 heterocycles. The van der Waals surface area contributed by atoms with E-state index in [2.05, 4.69) is 39.4 Å². The summed E-state index contributed by atoms with van der Waals surface area (Å²) in [6.45, 7) is 4.02. The molecule has 5 nitrogen and oxygen atoms in total. The summed E-state index contributed by atoms with van der Waals surface area (Å²) in [6, 6.07) is 8.16. The summed E-state index contributed by atoms with van der Waals surface area (Å²) in [4.78, 5) is 0. The number of fused-ring (bicyclic) bond motifs is 1. The summed E-state index contributed by atoms with van der Waals surface area (Å²) in [5, 5.41) is 0. The second-order valence-electron chi connectivity index (χ2n) is 5.27. The third-order valence-corrected chi connectivity index (χ3v) is 4.93. The minimum absolute atomic E-state index is 0.0331. The Hall–Kier alpha value is -1.28. The largest absolute Gasteiger partial charge is 0.397 e. The van der Waals surface area contributed by atoms with E-state index in [-0.39, 0.29) is 12.1 Å². The van der Waals surface area contributed by atoms with Gasteiger partial charge in [0, 0.05) is 19.4 Å². The molecule has 0 fully saturated rings. The summed E-state index contributed by atoms with van der Waals surface area (Å²) in [5.74, 6) is 0. The highest BCUT2D eigenvalue weighted by Gasteiger charge is 2.33. The molecule has 2 rings (SSSR count). The van der Waals surface area contributed by atoms with E-state index >= 15 is 0 Å². The molecule has 0 bridgehead atoms. The Labute approximate surface area is 134 Å². The van der Waals surface area contributed by atoms with Crippen molar-refractivity contribution in [2.45, 2.75) is 32.2 Å². The Morgan fingerprint density at radius 3 is 2.82 bits per heavy atom. The molecule has 22 heavy (non-hydrogen) atoms. The van der Waals surface area contributed by atoms with E-state index in [1.54, 1.807) is 11.3 Å². The number of rotatable bonds is 7. The van der Waals surface area contributed by atoms with Gasteiger partial charge in [-0.2, -0.15) is 13.0 Å². The molecule has 120 valence electrons. The van der Waals surface area contributed by atoms with E-state index in [0.29, 0.717) is 12.8 Å². The number of nitrogens with zero attached hydrogens (tertiary/aromatic N) is 1. The van der Waals surface area contributed by atoms with Gasteiger partial charge in [-0.25, -0.2) is 4.18 Å². The van der Waals surface area contributed by atoms with Crippen LogP contribution >= 0.6 is 11.3 Å². The van der Waals surface area contributed by atoms with Gasteiger partial charge < -0.3 is 0 Å². The van der Waals surface area contributed by atoms with Crippen LogP contribution in [-0.4, -0.2) is 19.6 Å². The number of hydrogen-bond donors (Lipinski definition) is 1. The Morgan fingerprint density at radius 2 is 2.14 bits per heavy atom.